The van der Waals surface area contributed by atoms with Gasteiger partial charge in [0.2, 0.25) is 0 Å². The highest BCUT2D eigenvalue weighted by molar-refractivity contribution is 5.15. The molecule has 0 unspecified atom stereocenters. The van der Waals surface area contributed by atoms with Crippen LogP contribution < -0.4 is 5.32 Å². The van der Waals surface area contributed by atoms with Crippen LogP contribution in [0.3, 0.4) is 0 Å². The van der Waals surface area contributed by atoms with Gasteiger partial charge in [-0.05, 0) is 36.9 Å². The van der Waals surface area contributed by atoms with E-state index in [0.29, 0.717) is 5.41 Å². The Kier molecular flexibility index (Phi) is 5.65. The molecule has 2 heterocycles. The third-order valence-corrected chi connectivity index (χ3v) is 4.08. The van der Waals surface area contributed by atoms with E-state index in [0.717, 1.165) is 50.7 Å². The van der Waals surface area contributed by atoms with E-state index < -0.39 is 0 Å². The van der Waals surface area contributed by atoms with Crippen molar-refractivity contribution in [3.63, 3.8) is 0 Å². The van der Waals surface area contributed by atoms with E-state index in [4.69, 9.17) is 4.42 Å². The molecule has 0 aliphatic carbocycles. The van der Waals surface area contributed by atoms with E-state index in [1.807, 2.05) is 0 Å². The maximum absolute atomic E-state index is 5.90. The Hall–Kier alpha value is -1.06. The highest BCUT2D eigenvalue weighted by atomic mass is 16.3. The van der Waals surface area contributed by atoms with Gasteiger partial charge in [0.15, 0.2) is 0 Å². The maximum Gasteiger partial charge on any atom is 0.118 e. The number of nitrogens with zero attached hydrogens (tertiary/aromatic N) is 1. The highest BCUT2D eigenvalue weighted by Gasteiger charge is 2.21. The van der Waals surface area contributed by atoms with Crippen molar-refractivity contribution in [2.24, 2.45) is 5.41 Å². The Bertz CT molecular complexity index is 468. The molecule has 0 saturated carbocycles. The minimum Gasteiger partial charge on any atom is -0.463 e. The van der Waals surface area contributed by atoms with Gasteiger partial charge in [-0.15, -0.1) is 0 Å². The number of hydrogen-bond donors (Lipinski definition) is 1. The summed E-state index contributed by atoms with van der Waals surface area (Å²) in [6.07, 6.45) is 4.73. The third-order valence-electron chi connectivity index (χ3n) is 4.08. The average Bonchev–Trinajstić information content (AvgIpc) is 2.86. The van der Waals surface area contributed by atoms with Crippen LogP contribution in [0.2, 0.25) is 0 Å². The molecule has 21 heavy (non-hydrogen) atoms. The second-order valence-electron chi connectivity index (χ2n) is 7.01. The van der Waals surface area contributed by atoms with Crippen molar-refractivity contribution in [1.29, 1.82) is 0 Å². The largest absolute Gasteiger partial charge is 0.463 e. The van der Waals surface area contributed by atoms with Gasteiger partial charge in [-0.2, -0.15) is 0 Å². The first-order valence-electron chi connectivity index (χ1n) is 8.19. The molecule has 1 N–H and O–H groups in total. The Morgan fingerprint density at radius 1 is 1.24 bits per heavy atom. The topological polar surface area (TPSA) is 28.4 Å². The van der Waals surface area contributed by atoms with Crippen molar-refractivity contribution in [3.8, 4) is 0 Å². The van der Waals surface area contributed by atoms with E-state index in [1.54, 1.807) is 5.57 Å². The molecule has 3 nitrogen and oxygen atoms in total. The molecule has 0 atom stereocenters. The molecule has 0 saturated heterocycles. The van der Waals surface area contributed by atoms with Crippen LogP contribution in [0.4, 0.5) is 0 Å². The minimum atomic E-state index is 0.314. The summed E-state index contributed by atoms with van der Waals surface area (Å²) in [6, 6.07) is 4.21. The van der Waals surface area contributed by atoms with Gasteiger partial charge >= 0.3 is 0 Å². The summed E-state index contributed by atoms with van der Waals surface area (Å²) >= 11 is 0. The lowest BCUT2D eigenvalue weighted by atomic mass is 9.83. The molecule has 0 spiro atoms. The van der Waals surface area contributed by atoms with Gasteiger partial charge in [0.1, 0.15) is 11.5 Å². The van der Waals surface area contributed by atoms with Crippen LogP contribution >= 0.6 is 0 Å². The van der Waals surface area contributed by atoms with Crippen LogP contribution in [0.15, 0.2) is 28.2 Å². The molecule has 0 fully saturated rings. The molecule has 1 aromatic rings. The van der Waals surface area contributed by atoms with Crippen molar-refractivity contribution in [2.75, 3.05) is 19.6 Å². The van der Waals surface area contributed by atoms with Gasteiger partial charge in [0, 0.05) is 13.1 Å². The van der Waals surface area contributed by atoms with Crippen molar-refractivity contribution in [2.45, 2.75) is 53.6 Å². The lowest BCUT2D eigenvalue weighted by molar-refractivity contribution is 0.247. The molecule has 0 radical (unpaired) electrons. The van der Waals surface area contributed by atoms with Gasteiger partial charge in [0.25, 0.3) is 0 Å². The van der Waals surface area contributed by atoms with Gasteiger partial charge in [-0.3, -0.25) is 4.90 Å². The maximum atomic E-state index is 5.90. The zero-order chi connectivity index (χ0) is 15.3. The number of furan rings is 1. The summed E-state index contributed by atoms with van der Waals surface area (Å²) in [5, 5.41) is 3.37. The molecular weight excluding hydrogens is 260 g/mol. The summed E-state index contributed by atoms with van der Waals surface area (Å²) in [5.74, 6) is 2.12. The van der Waals surface area contributed by atoms with E-state index in [9.17, 15) is 0 Å². The van der Waals surface area contributed by atoms with E-state index >= 15 is 0 Å². The van der Waals surface area contributed by atoms with Crippen LogP contribution in [0.25, 0.3) is 0 Å². The predicted molar refractivity (Wildman–Crippen MR) is 88.1 cm³/mol. The van der Waals surface area contributed by atoms with Crippen LogP contribution in [-0.2, 0) is 13.1 Å². The Morgan fingerprint density at radius 2 is 2.00 bits per heavy atom. The summed E-state index contributed by atoms with van der Waals surface area (Å²) in [6.45, 7) is 14.1. The van der Waals surface area contributed by atoms with Crippen LogP contribution in [0, 0.1) is 5.41 Å². The Morgan fingerprint density at radius 3 is 2.62 bits per heavy atom. The molecule has 1 aliphatic heterocycles. The average molecular weight is 290 g/mol. The fraction of sp³-hybridized carbons (Fsp3) is 0.667. The van der Waals surface area contributed by atoms with Crippen LogP contribution in [-0.4, -0.2) is 24.5 Å². The van der Waals surface area contributed by atoms with Gasteiger partial charge in [0.05, 0.1) is 13.1 Å². The van der Waals surface area contributed by atoms with Gasteiger partial charge in [-0.25, -0.2) is 0 Å². The van der Waals surface area contributed by atoms with Crippen LogP contribution in [0.1, 0.15) is 52.1 Å². The molecule has 1 aromatic heterocycles. The molecule has 0 bridgehead atoms. The second-order valence-corrected chi connectivity index (χ2v) is 7.01. The first kappa shape index (κ1) is 16.3. The van der Waals surface area contributed by atoms with Crippen molar-refractivity contribution >= 4 is 0 Å². The minimum absolute atomic E-state index is 0.314. The van der Waals surface area contributed by atoms with E-state index in [1.165, 1.54) is 6.42 Å². The van der Waals surface area contributed by atoms with Crippen molar-refractivity contribution < 1.29 is 4.42 Å². The molecule has 0 amide bonds. The van der Waals surface area contributed by atoms with E-state index in [-0.39, 0.29) is 0 Å². The monoisotopic (exact) mass is 290 g/mol. The SMILES string of the molecule is CCCNCc1ccc(CN2CC=C(C(C)(C)C)CC2)o1. The van der Waals surface area contributed by atoms with Crippen molar-refractivity contribution in [3.05, 3.63) is 35.3 Å². The molecule has 3 heteroatoms. The standard InChI is InChI=1S/C18H30N2O/c1-5-10-19-13-16-6-7-17(21-16)14-20-11-8-15(9-12-20)18(2,3)4/h6-8,19H,5,9-14H2,1-4H3. The normalized spacial score (nSPS) is 17.0. The van der Waals surface area contributed by atoms with Gasteiger partial charge < -0.3 is 9.73 Å². The number of nitrogens with one attached hydrogen (secondary N) is 1. The zero-order valence-corrected chi connectivity index (χ0v) is 14.0. The van der Waals surface area contributed by atoms with Crippen LogP contribution in [0.5, 0.6) is 0 Å². The summed E-state index contributed by atoms with van der Waals surface area (Å²) in [4.78, 5) is 2.46. The quantitative estimate of drug-likeness (QED) is 0.635. The Balaban J connectivity index is 1.82. The number of hydrogen-bond acceptors (Lipinski definition) is 3. The highest BCUT2D eigenvalue weighted by Crippen LogP contribution is 2.30. The Labute approximate surface area is 129 Å². The summed E-state index contributed by atoms with van der Waals surface area (Å²) in [7, 11) is 0. The smallest absolute Gasteiger partial charge is 0.118 e. The lowest BCUT2D eigenvalue weighted by Crippen LogP contribution is -2.30. The third kappa shape index (κ3) is 5.01. The molecule has 2 rings (SSSR count). The van der Waals surface area contributed by atoms with E-state index in [2.05, 4.69) is 56.1 Å². The second kappa shape index (κ2) is 7.28. The fourth-order valence-corrected chi connectivity index (χ4v) is 2.75. The first-order valence-corrected chi connectivity index (χ1v) is 8.19. The number of rotatable bonds is 6. The predicted octanol–water partition coefficient (Wildman–Crippen LogP) is 3.96. The molecular formula is C18H30N2O. The fourth-order valence-electron chi connectivity index (χ4n) is 2.75. The lowest BCUT2D eigenvalue weighted by Gasteiger charge is -2.31. The molecule has 1 aliphatic rings. The molecule has 0 aromatic carbocycles. The summed E-state index contributed by atoms with van der Waals surface area (Å²) < 4.78 is 5.90. The zero-order valence-electron chi connectivity index (χ0n) is 14.0. The van der Waals surface area contributed by atoms with Crippen molar-refractivity contribution in [1.82, 2.24) is 10.2 Å². The first-order chi connectivity index (χ1) is 9.99. The molecule has 118 valence electrons. The summed E-state index contributed by atoms with van der Waals surface area (Å²) in [5.41, 5.74) is 1.90. The van der Waals surface area contributed by atoms with Gasteiger partial charge in [-0.1, -0.05) is 39.3 Å².